The van der Waals surface area contributed by atoms with E-state index in [0.29, 0.717) is 24.9 Å². The van der Waals surface area contributed by atoms with Crippen molar-refractivity contribution in [1.29, 1.82) is 0 Å². The number of alkyl halides is 3. The van der Waals surface area contributed by atoms with Gasteiger partial charge in [-0.1, -0.05) is 0 Å². The molecule has 216 valence electrons. The highest BCUT2D eigenvalue weighted by atomic mass is 32.2. The smallest absolute Gasteiger partial charge is 0.478 e. The van der Waals surface area contributed by atoms with Crippen LogP contribution in [0.25, 0.3) is 0 Å². The SMILES string of the molecule is CN(CCCN1CCOCC1)C1CCN(c2ncc(NS(C)(=O)=O)cc2C(=O)O)CC1.O=C(O)C(F)(F)F. The maximum Gasteiger partial charge on any atom is 0.490 e. The average Bonchev–Trinajstić information content (AvgIpc) is 2.83. The molecule has 3 heterocycles. The third-order valence-electron chi connectivity index (χ3n) is 6.12. The number of halogens is 3. The van der Waals surface area contributed by atoms with Crippen molar-refractivity contribution >= 4 is 33.5 Å². The summed E-state index contributed by atoms with van der Waals surface area (Å²) >= 11 is 0. The standard InChI is InChI=1S/C20H33N5O5S.C2HF3O2/c1-23(6-3-7-24-10-12-30-13-11-24)17-4-8-25(9-5-17)19-18(20(26)27)14-16(15-21-19)22-31(2,28)29;3-2(4,5)1(6)7/h14-15,17,22H,3-13H2,1-2H3,(H,26,27);(H,6,7). The Balaban J connectivity index is 0.000000638. The Labute approximate surface area is 219 Å². The first kappa shape index (κ1) is 31.5. The number of carboxylic acids is 2. The van der Waals surface area contributed by atoms with Gasteiger partial charge in [0.15, 0.2) is 0 Å². The van der Waals surface area contributed by atoms with E-state index < -0.39 is 28.1 Å². The highest BCUT2D eigenvalue weighted by molar-refractivity contribution is 7.92. The van der Waals surface area contributed by atoms with Gasteiger partial charge in [0.25, 0.3) is 0 Å². The number of aromatic nitrogens is 1. The topological polar surface area (TPSA) is 153 Å². The van der Waals surface area contributed by atoms with Crippen LogP contribution in [0.1, 0.15) is 29.6 Å². The van der Waals surface area contributed by atoms with E-state index in [1.165, 1.54) is 12.3 Å². The van der Waals surface area contributed by atoms with Gasteiger partial charge in [0.05, 0.1) is 31.4 Å². The zero-order valence-electron chi connectivity index (χ0n) is 21.3. The van der Waals surface area contributed by atoms with Crippen molar-refractivity contribution < 1.29 is 46.1 Å². The molecule has 0 unspecified atom stereocenters. The lowest BCUT2D eigenvalue weighted by Crippen LogP contribution is -2.45. The molecule has 2 fully saturated rings. The van der Waals surface area contributed by atoms with Crippen molar-refractivity contribution in [3.05, 3.63) is 17.8 Å². The molecule has 38 heavy (non-hydrogen) atoms. The summed E-state index contributed by atoms with van der Waals surface area (Å²) < 4.78 is 62.3. The summed E-state index contributed by atoms with van der Waals surface area (Å²) in [6, 6.07) is 1.79. The number of hydrogen-bond acceptors (Lipinski definition) is 9. The van der Waals surface area contributed by atoms with Gasteiger partial charge in [0.2, 0.25) is 10.0 Å². The average molecular weight is 570 g/mol. The van der Waals surface area contributed by atoms with Gasteiger partial charge in [-0.25, -0.2) is 23.0 Å². The zero-order valence-corrected chi connectivity index (χ0v) is 22.1. The van der Waals surface area contributed by atoms with Gasteiger partial charge >= 0.3 is 18.1 Å². The van der Waals surface area contributed by atoms with Crippen molar-refractivity contribution in [2.24, 2.45) is 0 Å². The Kier molecular flexibility index (Phi) is 11.5. The van der Waals surface area contributed by atoms with E-state index in [2.05, 4.69) is 26.6 Å². The van der Waals surface area contributed by atoms with Crippen LogP contribution >= 0.6 is 0 Å². The van der Waals surface area contributed by atoms with Crippen molar-refractivity contribution in [3.8, 4) is 0 Å². The number of nitrogens with zero attached hydrogens (tertiary/aromatic N) is 4. The maximum atomic E-state index is 11.7. The van der Waals surface area contributed by atoms with Gasteiger partial charge in [-0.2, -0.15) is 13.2 Å². The molecule has 0 bridgehead atoms. The normalized spacial score (nSPS) is 17.6. The molecule has 3 rings (SSSR count). The van der Waals surface area contributed by atoms with Crippen LogP contribution in [0.4, 0.5) is 24.7 Å². The third kappa shape index (κ3) is 10.6. The number of pyridine rings is 1. The lowest BCUT2D eigenvalue weighted by atomic mass is 10.0. The van der Waals surface area contributed by atoms with E-state index in [0.717, 1.165) is 64.9 Å². The lowest BCUT2D eigenvalue weighted by Gasteiger charge is -2.38. The Morgan fingerprint density at radius 1 is 1.18 bits per heavy atom. The van der Waals surface area contributed by atoms with Gasteiger partial charge in [0, 0.05) is 32.2 Å². The second-order valence-electron chi connectivity index (χ2n) is 9.08. The van der Waals surface area contributed by atoms with Crippen molar-refractivity contribution in [1.82, 2.24) is 14.8 Å². The van der Waals surface area contributed by atoms with E-state index in [1.54, 1.807) is 0 Å². The minimum Gasteiger partial charge on any atom is -0.478 e. The maximum absolute atomic E-state index is 11.7. The molecule has 0 spiro atoms. The molecule has 2 aliphatic rings. The Hall–Kier alpha value is -2.69. The molecule has 0 radical (unpaired) electrons. The van der Waals surface area contributed by atoms with Gasteiger partial charge in [-0.3, -0.25) is 9.62 Å². The fraction of sp³-hybridized carbons (Fsp3) is 0.682. The summed E-state index contributed by atoms with van der Waals surface area (Å²) in [6.07, 6.45) is 0.281. The van der Waals surface area contributed by atoms with Crippen LogP contribution < -0.4 is 9.62 Å². The molecule has 2 aliphatic heterocycles. The first-order chi connectivity index (χ1) is 17.7. The molecular weight excluding hydrogens is 535 g/mol. The number of nitrogens with one attached hydrogen (secondary N) is 1. The van der Waals surface area contributed by atoms with Gasteiger partial charge < -0.3 is 24.7 Å². The molecule has 12 nitrogen and oxygen atoms in total. The fourth-order valence-electron chi connectivity index (χ4n) is 4.21. The van der Waals surface area contributed by atoms with Crippen LogP contribution in [0.5, 0.6) is 0 Å². The second kappa shape index (κ2) is 13.9. The minimum atomic E-state index is -5.08. The summed E-state index contributed by atoms with van der Waals surface area (Å²) in [6.45, 7) is 7.23. The summed E-state index contributed by atoms with van der Waals surface area (Å²) in [5.41, 5.74) is 0.157. The predicted octanol–water partition coefficient (Wildman–Crippen LogP) is 1.41. The largest absolute Gasteiger partial charge is 0.490 e. The molecule has 1 aromatic heterocycles. The molecule has 1 aromatic rings. The number of aliphatic carboxylic acids is 1. The number of piperidine rings is 1. The Morgan fingerprint density at radius 3 is 2.26 bits per heavy atom. The molecule has 0 saturated carbocycles. The van der Waals surface area contributed by atoms with Crippen LogP contribution in [0, 0.1) is 0 Å². The van der Waals surface area contributed by atoms with Crippen molar-refractivity contribution in [3.63, 3.8) is 0 Å². The van der Waals surface area contributed by atoms with Gasteiger partial charge in [-0.15, -0.1) is 0 Å². The zero-order chi connectivity index (χ0) is 28.5. The first-order valence-corrected chi connectivity index (χ1v) is 13.8. The first-order valence-electron chi connectivity index (χ1n) is 11.9. The lowest BCUT2D eigenvalue weighted by molar-refractivity contribution is -0.192. The molecular formula is C22H34F3N5O7S. The molecule has 3 N–H and O–H groups in total. The molecule has 16 heteroatoms. The van der Waals surface area contributed by atoms with Gasteiger partial charge in [-0.05, 0) is 45.5 Å². The number of ether oxygens (including phenoxy) is 1. The van der Waals surface area contributed by atoms with Crippen LogP contribution in [0.3, 0.4) is 0 Å². The number of anilines is 2. The third-order valence-corrected chi connectivity index (χ3v) is 6.73. The van der Waals surface area contributed by atoms with Crippen molar-refractivity contribution in [2.75, 3.05) is 75.4 Å². The van der Waals surface area contributed by atoms with E-state index in [9.17, 15) is 31.5 Å². The number of morpholine rings is 1. The van der Waals surface area contributed by atoms with Gasteiger partial charge in [0.1, 0.15) is 11.4 Å². The summed E-state index contributed by atoms with van der Waals surface area (Å²) in [5.74, 6) is -3.49. The highest BCUT2D eigenvalue weighted by Crippen LogP contribution is 2.26. The van der Waals surface area contributed by atoms with E-state index in [1.807, 2.05) is 4.90 Å². The molecule has 0 atom stereocenters. The number of rotatable bonds is 9. The molecule has 2 saturated heterocycles. The minimum absolute atomic E-state index is 0.00552. The van der Waals surface area contributed by atoms with Crippen LogP contribution in [0.15, 0.2) is 12.3 Å². The van der Waals surface area contributed by atoms with Crippen LogP contribution in [0.2, 0.25) is 0 Å². The van der Waals surface area contributed by atoms with Crippen LogP contribution in [-0.4, -0.2) is 123 Å². The number of hydrogen-bond donors (Lipinski definition) is 3. The van der Waals surface area contributed by atoms with E-state index in [4.69, 9.17) is 14.6 Å². The summed E-state index contributed by atoms with van der Waals surface area (Å²) in [7, 11) is -1.34. The molecule has 0 aromatic carbocycles. The predicted molar refractivity (Wildman–Crippen MR) is 133 cm³/mol. The fourth-order valence-corrected chi connectivity index (χ4v) is 4.75. The second-order valence-corrected chi connectivity index (χ2v) is 10.8. The monoisotopic (exact) mass is 569 g/mol. The Bertz CT molecular complexity index is 1040. The Morgan fingerprint density at radius 2 is 1.76 bits per heavy atom. The quantitative estimate of drug-likeness (QED) is 0.396. The number of carboxylic acid groups (broad SMARTS) is 2. The molecule has 0 amide bonds. The van der Waals surface area contributed by atoms with E-state index >= 15 is 0 Å². The highest BCUT2D eigenvalue weighted by Gasteiger charge is 2.38. The number of sulfonamides is 1. The molecule has 0 aliphatic carbocycles. The number of carbonyl (C=O) groups is 2. The van der Waals surface area contributed by atoms with Crippen LogP contribution in [-0.2, 0) is 19.6 Å². The summed E-state index contributed by atoms with van der Waals surface area (Å²) in [4.78, 5) is 31.7. The van der Waals surface area contributed by atoms with E-state index in [-0.39, 0.29) is 11.3 Å². The van der Waals surface area contributed by atoms with Crippen molar-refractivity contribution in [2.45, 2.75) is 31.5 Å². The summed E-state index contributed by atoms with van der Waals surface area (Å²) in [5, 5.41) is 16.7. The number of aromatic carboxylic acids is 1.